The molecule has 1 fully saturated rings. The zero-order chi connectivity index (χ0) is 20.2. The number of anilines is 2. The Morgan fingerprint density at radius 2 is 1.90 bits per heavy atom. The predicted molar refractivity (Wildman–Crippen MR) is 116 cm³/mol. The van der Waals surface area contributed by atoms with Crippen LogP contribution in [0.4, 0.5) is 11.5 Å². The van der Waals surface area contributed by atoms with Gasteiger partial charge in [0.1, 0.15) is 17.6 Å². The number of rotatable bonds is 5. The van der Waals surface area contributed by atoms with Crippen molar-refractivity contribution in [2.24, 2.45) is 0 Å². The average Bonchev–Trinajstić information content (AvgIpc) is 2.82. The number of hydrogen-bond donors (Lipinski definition) is 2. The second-order valence-corrected chi connectivity index (χ2v) is 7.29. The Labute approximate surface area is 174 Å². The number of pyridine rings is 2. The minimum Gasteiger partial charge on any atom is -0.439 e. The maximum atomic E-state index is 5.75. The zero-order valence-corrected chi connectivity index (χ0v) is 16.5. The Hall–Kier alpha value is -3.58. The van der Waals surface area contributed by atoms with Crippen LogP contribution in [0, 0.1) is 0 Å². The number of para-hydroxylation sites is 1. The number of piperidine rings is 1. The predicted octanol–water partition coefficient (Wildman–Crippen LogP) is 4.42. The summed E-state index contributed by atoms with van der Waals surface area (Å²) in [5.74, 6) is 2.38. The molecule has 30 heavy (non-hydrogen) atoms. The smallest absolute Gasteiger partial charge is 0.219 e. The van der Waals surface area contributed by atoms with Crippen molar-refractivity contribution in [1.82, 2.24) is 25.3 Å². The van der Waals surface area contributed by atoms with Crippen LogP contribution < -0.4 is 15.4 Å². The van der Waals surface area contributed by atoms with E-state index in [1.165, 1.54) is 6.42 Å². The van der Waals surface area contributed by atoms with Crippen LogP contribution in [-0.2, 0) is 0 Å². The van der Waals surface area contributed by atoms with Gasteiger partial charge in [0.25, 0.3) is 0 Å². The number of ether oxygens (including phenoxy) is 1. The molecule has 1 atom stereocenters. The molecule has 3 aromatic heterocycles. The van der Waals surface area contributed by atoms with Gasteiger partial charge in [-0.25, -0.2) is 19.9 Å². The monoisotopic (exact) mass is 398 g/mol. The Balaban J connectivity index is 1.37. The van der Waals surface area contributed by atoms with Crippen molar-refractivity contribution < 1.29 is 4.74 Å². The maximum absolute atomic E-state index is 5.75. The molecule has 0 spiro atoms. The standard InChI is InChI=1S/C23H22N6O/c1-2-6-18(7-3-1)30-21-11-8-17(14-25-21)28-23-22-20(26-15-27-23)10-9-19(29-22)16-5-4-12-24-13-16/h1-3,6-11,14-16,24H,4-5,12-13H2,(H,26,27,28)/t16-/m1/s1. The number of fused-ring (bicyclic) bond motifs is 1. The summed E-state index contributed by atoms with van der Waals surface area (Å²) in [4.78, 5) is 18.1. The summed E-state index contributed by atoms with van der Waals surface area (Å²) in [6.45, 7) is 2.04. The fourth-order valence-corrected chi connectivity index (χ4v) is 3.64. The molecule has 7 heteroatoms. The Bertz CT molecular complexity index is 1130. The van der Waals surface area contributed by atoms with Crippen molar-refractivity contribution in [3.63, 3.8) is 0 Å². The van der Waals surface area contributed by atoms with E-state index in [-0.39, 0.29) is 0 Å². The molecule has 0 bridgehead atoms. The fraction of sp³-hybridized carbons (Fsp3) is 0.217. The molecule has 2 N–H and O–H groups in total. The highest BCUT2D eigenvalue weighted by Crippen LogP contribution is 2.27. The molecule has 1 saturated heterocycles. The lowest BCUT2D eigenvalue weighted by Gasteiger charge is -2.22. The van der Waals surface area contributed by atoms with E-state index in [4.69, 9.17) is 9.72 Å². The van der Waals surface area contributed by atoms with Gasteiger partial charge in [0.05, 0.1) is 17.4 Å². The van der Waals surface area contributed by atoms with E-state index in [1.807, 2.05) is 48.5 Å². The molecule has 4 heterocycles. The first-order valence-corrected chi connectivity index (χ1v) is 10.1. The van der Waals surface area contributed by atoms with Gasteiger partial charge in [0.15, 0.2) is 5.82 Å². The zero-order valence-electron chi connectivity index (χ0n) is 16.5. The van der Waals surface area contributed by atoms with Gasteiger partial charge in [-0.3, -0.25) is 0 Å². The largest absolute Gasteiger partial charge is 0.439 e. The summed E-state index contributed by atoms with van der Waals surface area (Å²) in [7, 11) is 0. The van der Waals surface area contributed by atoms with Crippen LogP contribution >= 0.6 is 0 Å². The van der Waals surface area contributed by atoms with E-state index >= 15 is 0 Å². The Morgan fingerprint density at radius 3 is 2.70 bits per heavy atom. The summed E-state index contributed by atoms with van der Waals surface area (Å²) >= 11 is 0. The highest BCUT2D eigenvalue weighted by molar-refractivity contribution is 5.86. The van der Waals surface area contributed by atoms with Gasteiger partial charge in [-0.2, -0.15) is 0 Å². The molecule has 1 aliphatic heterocycles. The van der Waals surface area contributed by atoms with Crippen LogP contribution in [0.15, 0.2) is 67.1 Å². The quantitative estimate of drug-likeness (QED) is 0.515. The van der Waals surface area contributed by atoms with Crippen molar-refractivity contribution in [2.45, 2.75) is 18.8 Å². The number of aromatic nitrogens is 4. The summed E-state index contributed by atoms with van der Waals surface area (Å²) in [6, 6.07) is 17.4. The van der Waals surface area contributed by atoms with Gasteiger partial charge in [0.2, 0.25) is 5.88 Å². The van der Waals surface area contributed by atoms with E-state index in [1.54, 1.807) is 12.5 Å². The number of nitrogens with one attached hydrogen (secondary N) is 2. The lowest BCUT2D eigenvalue weighted by molar-refractivity contribution is 0.455. The molecule has 4 aromatic rings. The third-order valence-corrected chi connectivity index (χ3v) is 5.18. The first-order valence-electron chi connectivity index (χ1n) is 10.1. The number of hydrogen-bond acceptors (Lipinski definition) is 7. The van der Waals surface area contributed by atoms with Crippen LogP contribution in [0.5, 0.6) is 11.6 Å². The second-order valence-electron chi connectivity index (χ2n) is 7.29. The molecule has 0 unspecified atom stereocenters. The highest BCUT2D eigenvalue weighted by Gasteiger charge is 2.18. The molecule has 1 aliphatic rings. The minimum absolute atomic E-state index is 0.423. The van der Waals surface area contributed by atoms with Crippen molar-refractivity contribution in [2.75, 3.05) is 18.4 Å². The van der Waals surface area contributed by atoms with E-state index in [9.17, 15) is 0 Å². The minimum atomic E-state index is 0.423. The van der Waals surface area contributed by atoms with Crippen molar-refractivity contribution >= 4 is 22.5 Å². The molecule has 0 saturated carbocycles. The van der Waals surface area contributed by atoms with Crippen LogP contribution in [0.25, 0.3) is 11.0 Å². The van der Waals surface area contributed by atoms with E-state index in [0.29, 0.717) is 17.6 Å². The van der Waals surface area contributed by atoms with Crippen molar-refractivity contribution in [1.29, 1.82) is 0 Å². The summed E-state index contributed by atoms with van der Waals surface area (Å²) < 4.78 is 5.75. The number of benzene rings is 1. The first-order chi connectivity index (χ1) is 14.8. The van der Waals surface area contributed by atoms with Gasteiger partial charge in [-0.05, 0) is 49.7 Å². The fourth-order valence-electron chi connectivity index (χ4n) is 3.64. The van der Waals surface area contributed by atoms with Crippen LogP contribution in [0.2, 0.25) is 0 Å². The van der Waals surface area contributed by atoms with E-state index in [2.05, 4.69) is 31.7 Å². The molecule has 0 amide bonds. The van der Waals surface area contributed by atoms with Crippen LogP contribution in [0.3, 0.4) is 0 Å². The molecular weight excluding hydrogens is 376 g/mol. The van der Waals surface area contributed by atoms with Crippen LogP contribution in [-0.4, -0.2) is 33.0 Å². The topological polar surface area (TPSA) is 84.9 Å². The van der Waals surface area contributed by atoms with Gasteiger partial charge in [0, 0.05) is 24.2 Å². The third-order valence-electron chi connectivity index (χ3n) is 5.18. The molecule has 0 aliphatic carbocycles. The Kier molecular flexibility index (Phi) is 5.18. The van der Waals surface area contributed by atoms with Crippen LogP contribution in [0.1, 0.15) is 24.5 Å². The lowest BCUT2D eigenvalue weighted by Crippen LogP contribution is -2.28. The average molecular weight is 398 g/mol. The second kappa shape index (κ2) is 8.42. The van der Waals surface area contributed by atoms with Gasteiger partial charge in [-0.15, -0.1) is 0 Å². The van der Waals surface area contributed by atoms with Gasteiger partial charge < -0.3 is 15.4 Å². The maximum Gasteiger partial charge on any atom is 0.219 e. The lowest BCUT2D eigenvalue weighted by atomic mass is 9.95. The molecule has 1 aromatic carbocycles. The van der Waals surface area contributed by atoms with Crippen molar-refractivity contribution in [3.8, 4) is 11.6 Å². The molecule has 7 nitrogen and oxygen atoms in total. The Morgan fingerprint density at radius 1 is 0.967 bits per heavy atom. The molecule has 5 rings (SSSR count). The van der Waals surface area contributed by atoms with Gasteiger partial charge >= 0.3 is 0 Å². The van der Waals surface area contributed by atoms with Crippen molar-refractivity contribution in [3.05, 3.63) is 72.8 Å². The molecule has 0 radical (unpaired) electrons. The first kappa shape index (κ1) is 18.4. The van der Waals surface area contributed by atoms with E-state index < -0.39 is 0 Å². The highest BCUT2D eigenvalue weighted by atomic mass is 16.5. The summed E-state index contributed by atoms with van der Waals surface area (Å²) in [6.07, 6.45) is 5.59. The SMILES string of the molecule is c1ccc(Oc2ccc(Nc3ncnc4ccc([C@@H]5CCCNC5)nc34)cn2)cc1. The number of nitrogens with zero attached hydrogens (tertiary/aromatic N) is 4. The molecular formula is C23H22N6O. The summed E-state index contributed by atoms with van der Waals surface area (Å²) in [5, 5.41) is 6.77. The third kappa shape index (κ3) is 4.06. The van der Waals surface area contributed by atoms with E-state index in [0.717, 1.165) is 47.7 Å². The molecule has 150 valence electrons. The normalized spacial score (nSPS) is 16.3. The van der Waals surface area contributed by atoms with Gasteiger partial charge in [-0.1, -0.05) is 18.2 Å². The summed E-state index contributed by atoms with van der Waals surface area (Å²) in [5.41, 5.74) is 3.47.